The van der Waals surface area contributed by atoms with Gasteiger partial charge in [0.1, 0.15) is 0 Å². The first-order valence-electron chi connectivity index (χ1n) is 5.65. The van der Waals surface area contributed by atoms with E-state index in [9.17, 15) is 8.42 Å². The van der Waals surface area contributed by atoms with Gasteiger partial charge in [0.2, 0.25) is 10.0 Å². The third kappa shape index (κ3) is 5.25. The molecule has 1 atom stereocenters. The lowest BCUT2D eigenvalue weighted by Crippen LogP contribution is -2.29. The predicted octanol–water partition coefficient (Wildman–Crippen LogP) is 0.801. The monoisotopic (exact) mass is 257 g/mol. The van der Waals surface area contributed by atoms with Crippen molar-refractivity contribution in [2.75, 3.05) is 12.3 Å². The van der Waals surface area contributed by atoms with Crippen molar-refractivity contribution >= 4 is 10.0 Å². The quantitative estimate of drug-likeness (QED) is 0.708. The third-order valence-corrected chi connectivity index (χ3v) is 3.95. The fraction of sp³-hybridized carbons (Fsp3) is 0.545. The molecule has 0 spiro atoms. The van der Waals surface area contributed by atoms with Crippen LogP contribution in [-0.2, 0) is 10.0 Å². The second kappa shape index (κ2) is 6.68. The normalized spacial score (nSPS) is 13.5. The lowest BCUT2D eigenvalue weighted by molar-refractivity contribution is 0.563. The second-order valence-corrected chi connectivity index (χ2v) is 5.81. The minimum absolute atomic E-state index is 0.120. The van der Waals surface area contributed by atoms with Gasteiger partial charge in [-0.05, 0) is 37.9 Å². The summed E-state index contributed by atoms with van der Waals surface area (Å²) in [4.78, 5) is 3.96. The SMILES string of the molecule is CC(NS(=O)(=O)CCCCN)c1cccnc1. The molecule has 3 N–H and O–H groups in total. The van der Waals surface area contributed by atoms with Gasteiger partial charge < -0.3 is 5.73 Å². The Labute approximate surface area is 102 Å². The van der Waals surface area contributed by atoms with Gasteiger partial charge in [-0.15, -0.1) is 0 Å². The minimum Gasteiger partial charge on any atom is -0.330 e. The molecule has 5 nitrogen and oxygen atoms in total. The Morgan fingerprint density at radius 3 is 2.82 bits per heavy atom. The summed E-state index contributed by atoms with van der Waals surface area (Å²) in [5.74, 6) is 0.120. The number of pyridine rings is 1. The number of nitrogens with one attached hydrogen (secondary N) is 1. The zero-order chi connectivity index (χ0) is 12.7. The van der Waals surface area contributed by atoms with Crippen LogP contribution in [0.15, 0.2) is 24.5 Å². The van der Waals surface area contributed by atoms with Crippen molar-refractivity contribution in [3.8, 4) is 0 Å². The standard InChI is InChI=1S/C11H19N3O2S/c1-10(11-5-4-7-13-9-11)14-17(15,16)8-3-2-6-12/h4-5,7,9-10,14H,2-3,6,8,12H2,1H3. The highest BCUT2D eigenvalue weighted by Crippen LogP contribution is 2.11. The number of aromatic nitrogens is 1. The van der Waals surface area contributed by atoms with Crippen molar-refractivity contribution in [2.45, 2.75) is 25.8 Å². The van der Waals surface area contributed by atoms with Crippen molar-refractivity contribution < 1.29 is 8.42 Å². The molecule has 0 aromatic carbocycles. The van der Waals surface area contributed by atoms with Crippen LogP contribution in [-0.4, -0.2) is 25.7 Å². The summed E-state index contributed by atoms with van der Waals surface area (Å²) in [5.41, 5.74) is 6.18. The Balaban J connectivity index is 2.53. The number of rotatable bonds is 7. The number of nitrogens with two attached hydrogens (primary N) is 1. The molecule has 6 heteroatoms. The first-order valence-corrected chi connectivity index (χ1v) is 7.30. The number of nitrogens with zero attached hydrogens (tertiary/aromatic N) is 1. The molecular weight excluding hydrogens is 238 g/mol. The summed E-state index contributed by atoms with van der Waals surface area (Å²) in [6.45, 7) is 2.32. The van der Waals surface area contributed by atoms with E-state index in [-0.39, 0.29) is 11.8 Å². The maximum Gasteiger partial charge on any atom is 0.212 e. The average molecular weight is 257 g/mol. The molecule has 0 bridgehead atoms. The van der Waals surface area contributed by atoms with E-state index in [4.69, 9.17) is 5.73 Å². The van der Waals surface area contributed by atoms with Crippen LogP contribution >= 0.6 is 0 Å². The highest BCUT2D eigenvalue weighted by atomic mass is 32.2. The minimum atomic E-state index is -3.23. The lowest BCUT2D eigenvalue weighted by atomic mass is 10.2. The molecule has 0 amide bonds. The van der Waals surface area contributed by atoms with E-state index in [1.54, 1.807) is 25.4 Å². The average Bonchev–Trinajstić information content (AvgIpc) is 2.30. The van der Waals surface area contributed by atoms with Crippen LogP contribution in [0.4, 0.5) is 0 Å². The molecule has 0 aliphatic carbocycles. The number of hydrogen-bond acceptors (Lipinski definition) is 4. The van der Waals surface area contributed by atoms with E-state index >= 15 is 0 Å². The number of unbranched alkanes of at least 4 members (excludes halogenated alkanes) is 1. The van der Waals surface area contributed by atoms with Crippen LogP contribution in [0.3, 0.4) is 0 Å². The van der Waals surface area contributed by atoms with Gasteiger partial charge in [0.05, 0.1) is 5.75 Å². The molecule has 1 unspecified atom stereocenters. The van der Waals surface area contributed by atoms with Crippen molar-refractivity contribution in [1.29, 1.82) is 0 Å². The second-order valence-electron chi connectivity index (χ2n) is 3.94. The van der Waals surface area contributed by atoms with Crippen LogP contribution in [0.2, 0.25) is 0 Å². The maximum absolute atomic E-state index is 11.7. The van der Waals surface area contributed by atoms with Gasteiger partial charge in [-0.1, -0.05) is 6.07 Å². The summed E-state index contributed by atoms with van der Waals surface area (Å²) >= 11 is 0. The predicted molar refractivity (Wildman–Crippen MR) is 67.9 cm³/mol. The van der Waals surface area contributed by atoms with Crippen molar-refractivity contribution in [2.24, 2.45) is 5.73 Å². The summed E-state index contributed by atoms with van der Waals surface area (Å²) in [6, 6.07) is 3.38. The van der Waals surface area contributed by atoms with E-state index < -0.39 is 10.0 Å². The van der Waals surface area contributed by atoms with Gasteiger partial charge in [-0.2, -0.15) is 0 Å². The van der Waals surface area contributed by atoms with Crippen molar-refractivity contribution in [3.05, 3.63) is 30.1 Å². The molecule has 0 aliphatic heterocycles. The Hall–Kier alpha value is -0.980. The third-order valence-electron chi connectivity index (χ3n) is 2.41. The Morgan fingerprint density at radius 2 is 2.24 bits per heavy atom. The molecule has 1 aromatic rings. The molecule has 96 valence electrons. The van der Waals surface area contributed by atoms with E-state index in [1.165, 1.54) is 0 Å². The molecule has 1 aromatic heterocycles. The summed E-state index contributed by atoms with van der Waals surface area (Å²) < 4.78 is 26.1. The Morgan fingerprint density at radius 1 is 1.47 bits per heavy atom. The van der Waals surface area contributed by atoms with Crippen molar-refractivity contribution in [1.82, 2.24) is 9.71 Å². The first kappa shape index (κ1) is 14.1. The smallest absolute Gasteiger partial charge is 0.212 e. The lowest BCUT2D eigenvalue weighted by Gasteiger charge is -2.13. The number of hydrogen-bond donors (Lipinski definition) is 2. The van der Waals surface area contributed by atoms with Crippen molar-refractivity contribution in [3.63, 3.8) is 0 Å². The zero-order valence-corrected chi connectivity index (χ0v) is 10.8. The van der Waals surface area contributed by atoms with Gasteiger partial charge in [-0.3, -0.25) is 4.98 Å². The van der Waals surface area contributed by atoms with Gasteiger partial charge in [0, 0.05) is 18.4 Å². The van der Waals surface area contributed by atoms with Crippen LogP contribution in [0.1, 0.15) is 31.4 Å². The largest absolute Gasteiger partial charge is 0.330 e. The van der Waals surface area contributed by atoms with E-state index in [2.05, 4.69) is 9.71 Å². The van der Waals surface area contributed by atoms with Gasteiger partial charge in [0.25, 0.3) is 0 Å². The summed E-state index contributed by atoms with van der Waals surface area (Å²) in [6.07, 6.45) is 4.63. The molecule has 1 rings (SSSR count). The van der Waals surface area contributed by atoms with Crippen LogP contribution in [0.5, 0.6) is 0 Å². The summed E-state index contributed by atoms with van der Waals surface area (Å²) in [5, 5.41) is 0. The molecule has 0 aliphatic rings. The van der Waals surface area contributed by atoms with Crippen LogP contribution in [0, 0.1) is 0 Å². The first-order chi connectivity index (χ1) is 8.05. The molecule has 0 saturated heterocycles. The van der Waals surface area contributed by atoms with Crippen LogP contribution in [0.25, 0.3) is 0 Å². The Kier molecular flexibility index (Phi) is 5.54. The molecule has 0 saturated carbocycles. The maximum atomic E-state index is 11.7. The molecule has 17 heavy (non-hydrogen) atoms. The Bertz CT molecular complexity index is 420. The van der Waals surface area contributed by atoms with Gasteiger partial charge in [0.15, 0.2) is 0 Å². The van der Waals surface area contributed by atoms with E-state index in [0.29, 0.717) is 13.0 Å². The molecule has 0 radical (unpaired) electrons. The highest BCUT2D eigenvalue weighted by molar-refractivity contribution is 7.89. The van der Waals surface area contributed by atoms with Gasteiger partial charge in [-0.25, -0.2) is 13.1 Å². The summed E-state index contributed by atoms with van der Waals surface area (Å²) in [7, 11) is -3.23. The van der Waals surface area contributed by atoms with Gasteiger partial charge >= 0.3 is 0 Å². The number of sulfonamides is 1. The molecule has 1 heterocycles. The van der Waals surface area contributed by atoms with E-state index in [1.807, 2.05) is 6.07 Å². The fourth-order valence-corrected chi connectivity index (χ4v) is 2.84. The molecule has 0 fully saturated rings. The highest BCUT2D eigenvalue weighted by Gasteiger charge is 2.15. The van der Waals surface area contributed by atoms with Crippen LogP contribution < -0.4 is 10.5 Å². The van der Waals surface area contributed by atoms with E-state index in [0.717, 1.165) is 12.0 Å². The fourth-order valence-electron chi connectivity index (χ4n) is 1.46. The molecular formula is C11H19N3O2S. The topological polar surface area (TPSA) is 85.1 Å². The zero-order valence-electron chi connectivity index (χ0n) is 9.96.